The van der Waals surface area contributed by atoms with Gasteiger partial charge in [0.2, 0.25) is 0 Å². The van der Waals surface area contributed by atoms with E-state index < -0.39 is 5.60 Å². The zero-order valence-electron chi connectivity index (χ0n) is 14.4. The van der Waals surface area contributed by atoms with E-state index in [0.29, 0.717) is 0 Å². The van der Waals surface area contributed by atoms with Gasteiger partial charge < -0.3 is 9.64 Å². The summed E-state index contributed by atoms with van der Waals surface area (Å²) >= 11 is 0. The number of carbonyl (C=O) groups excluding carboxylic acids is 1. The maximum Gasteiger partial charge on any atom is 0.419 e. The van der Waals surface area contributed by atoms with Crippen molar-refractivity contribution in [2.45, 2.75) is 39.7 Å². The van der Waals surface area contributed by atoms with Crippen LogP contribution in [0.25, 0.3) is 10.9 Å². The molecule has 0 aliphatic carbocycles. The van der Waals surface area contributed by atoms with Gasteiger partial charge in [-0.3, -0.25) is 4.57 Å². The summed E-state index contributed by atoms with van der Waals surface area (Å²) < 4.78 is 7.14. The molecule has 0 radical (unpaired) electrons. The van der Waals surface area contributed by atoms with Crippen molar-refractivity contribution in [3.63, 3.8) is 0 Å². The summed E-state index contributed by atoms with van der Waals surface area (Å²) in [6.07, 6.45) is 2.50. The average molecular weight is 302 g/mol. The second kappa shape index (κ2) is 6.13. The monoisotopic (exact) mass is 302 g/mol. The molecule has 120 valence electrons. The maximum atomic E-state index is 12.4. The van der Waals surface area contributed by atoms with Crippen LogP contribution in [0.1, 0.15) is 31.9 Å². The van der Waals surface area contributed by atoms with Crippen LogP contribution in [-0.4, -0.2) is 41.8 Å². The van der Waals surface area contributed by atoms with Crippen molar-refractivity contribution >= 4 is 17.0 Å². The predicted octanol–water partition coefficient (Wildman–Crippen LogP) is 3.84. The molecule has 0 N–H and O–H groups in total. The highest BCUT2D eigenvalue weighted by molar-refractivity contribution is 5.92. The van der Waals surface area contributed by atoms with Gasteiger partial charge >= 0.3 is 6.09 Å². The molecule has 2 rings (SSSR count). The lowest BCUT2D eigenvalue weighted by Gasteiger charge is -2.19. The molecule has 0 bridgehead atoms. The van der Waals surface area contributed by atoms with E-state index >= 15 is 0 Å². The van der Waals surface area contributed by atoms with E-state index in [1.165, 1.54) is 11.1 Å². The van der Waals surface area contributed by atoms with Crippen molar-refractivity contribution in [3.8, 4) is 0 Å². The van der Waals surface area contributed by atoms with E-state index in [1.807, 2.05) is 39.1 Å². The molecular weight excluding hydrogens is 276 g/mol. The Balaban J connectivity index is 2.44. The summed E-state index contributed by atoms with van der Waals surface area (Å²) in [7, 11) is 4.11. The van der Waals surface area contributed by atoms with Gasteiger partial charge in [0.15, 0.2) is 0 Å². The second-order valence-corrected chi connectivity index (χ2v) is 7.08. The van der Waals surface area contributed by atoms with Crippen LogP contribution >= 0.6 is 0 Å². The summed E-state index contributed by atoms with van der Waals surface area (Å²) in [6.45, 7) is 8.66. The maximum absolute atomic E-state index is 12.4. The topological polar surface area (TPSA) is 34.5 Å². The summed E-state index contributed by atoms with van der Waals surface area (Å²) in [6, 6.07) is 6.16. The first-order chi connectivity index (χ1) is 10.2. The van der Waals surface area contributed by atoms with Crippen molar-refractivity contribution in [2.75, 3.05) is 20.6 Å². The fourth-order valence-electron chi connectivity index (χ4n) is 2.42. The first-order valence-corrected chi connectivity index (χ1v) is 7.66. The van der Waals surface area contributed by atoms with Crippen molar-refractivity contribution in [2.24, 2.45) is 0 Å². The predicted molar refractivity (Wildman–Crippen MR) is 90.6 cm³/mol. The minimum Gasteiger partial charge on any atom is -0.443 e. The van der Waals surface area contributed by atoms with Crippen molar-refractivity contribution in [1.82, 2.24) is 9.47 Å². The highest BCUT2D eigenvalue weighted by atomic mass is 16.6. The van der Waals surface area contributed by atoms with Gasteiger partial charge in [-0.1, -0.05) is 11.6 Å². The molecular formula is C18H26N2O2. The van der Waals surface area contributed by atoms with Gasteiger partial charge in [-0.05, 0) is 65.9 Å². The van der Waals surface area contributed by atoms with Gasteiger partial charge in [-0.2, -0.15) is 0 Å². The molecule has 0 unspecified atom stereocenters. The number of rotatable bonds is 3. The molecule has 0 atom stereocenters. The third-order valence-electron chi connectivity index (χ3n) is 3.46. The average Bonchev–Trinajstić information content (AvgIpc) is 2.72. The summed E-state index contributed by atoms with van der Waals surface area (Å²) in [5, 5.41) is 1.13. The van der Waals surface area contributed by atoms with Gasteiger partial charge in [-0.15, -0.1) is 0 Å². The number of likely N-dealkylation sites (N-methyl/N-ethyl adjacent to an activating group) is 1. The van der Waals surface area contributed by atoms with Crippen LogP contribution in [0.2, 0.25) is 0 Å². The van der Waals surface area contributed by atoms with Gasteiger partial charge in [-0.25, -0.2) is 4.79 Å². The Morgan fingerprint density at radius 1 is 1.27 bits per heavy atom. The lowest BCUT2D eigenvalue weighted by molar-refractivity contribution is 0.0544. The molecule has 0 aliphatic rings. The van der Waals surface area contributed by atoms with Crippen LogP contribution in [0.5, 0.6) is 0 Å². The lowest BCUT2D eigenvalue weighted by atomic mass is 10.1. The number of ether oxygens (including phenoxy) is 1. The number of hydrogen-bond acceptors (Lipinski definition) is 3. The Labute approximate surface area is 132 Å². The third-order valence-corrected chi connectivity index (χ3v) is 3.46. The van der Waals surface area contributed by atoms with E-state index in [-0.39, 0.29) is 6.09 Å². The largest absolute Gasteiger partial charge is 0.443 e. The number of benzene rings is 1. The minimum absolute atomic E-state index is 0.322. The van der Waals surface area contributed by atoms with Crippen LogP contribution in [0.4, 0.5) is 4.79 Å². The van der Waals surface area contributed by atoms with E-state index in [9.17, 15) is 4.79 Å². The number of hydrogen-bond donors (Lipinski definition) is 0. The van der Waals surface area contributed by atoms with Gasteiger partial charge in [0, 0.05) is 18.1 Å². The van der Waals surface area contributed by atoms with Crippen LogP contribution in [0.3, 0.4) is 0 Å². The fourth-order valence-corrected chi connectivity index (χ4v) is 2.42. The zero-order valence-corrected chi connectivity index (χ0v) is 14.4. The molecule has 2 aromatic rings. The Morgan fingerprint density at radius 2 is 1.95 bits per heavy atom. The quantitative estimate of drug-likeness (QED) is 0.864. The molecule has 0 spiro atoms. The van der Waals surface area contributed by atoms with E-state index in [2.05, 4.69) is 32.0 Å². The molecule has 0 amide bonds. The molecule has 1 aromatic carbocycles. The third kappa shape index (κ3) is 3.89. The Kier molecular flexibility index (Phi) is 4.61. The smallest absolute Gasteiger partial charge is 0.419 e. The standard InChI is InChI=1S/C18H26N2O2/c1-13-7-8-16-15(11-13)14(9-10-19(5)6)12-20(16)17(21)22-18(2,3)4/h7-8,11-12H,9-10H2,1-6H3. The number of carbonyl (C=O) groups is 1. The van der Waals surface area contributed by atoms with Crippen LogP contribution in [0, 0.1) is 6.92 Å². The molecule has 0 fully saturated rings. The molecule has 1 heterocycles. The fraction of sp³-hybridized carbons (Fsp3) is 0.500. The SMILES string of the molecule is Cc1ccc2c(c1)c(CCN(C)C)cn2C(=O)OC(C)(C)C. The lowest BCUT2D eigenvalue weighted by Crippen LogP contribution is -2.26. The van der Waals surface area contributed by atoms with E-state index in [0.717, 1.165) is 23.9 Å². The van der Waals surface area contributed by atoms with Gasteiger partial charge in [0.05, 0.1) is 5.52 Å². The molecule has 0 aliphatic heterocycles. The number of nitrogens with zero attached hydrogens (tertiary/aromatic N) is 2. The number of aryl methyl sites for hydroxylation is 1. The van der Waals surface area contributed by atoms with E-state index in [1.54, 1.807) is 4.57 Å². The van der Waals surface area contributed by atoms with Gasteiger partial charge in [0.25, 0.3) is 0 Å². The molecule has 22 heavy (non-hydrogen) atoms. The molecule has 1 aromatic heterocycles. The zero-order chi connectivity index (χ0) is 16.5. The molecule has 4 heteroatoms. The Bertz CT molecular complexity index is 678. The van der Waals surface area contributed by atoms with Crippen LogP contribution < -0.4 is 0 Å². The van der Waals surface area contributed by atoms with Crippen molar-refractivity contribution < 1.29 is 9.53 Å². The van der Waals surface area contributed by atoms with Crippen LogP contribution in [0.15, 0.2) is 24.4 Å². The number of aromatic nitrogens is 1. The normalized spacial score (nSPS) is 12.1. The first-order valence-electron chi connectivity index (χ1n) is 7.66. The first kappa shape index (κ1) is 16.6. The number of fused-ring (bicyclic) bond motifs is 1. The van der Waals surface area contributed by atoms with Crippen molar-refractivity contribution in [1.29, 1.82) is 0 Å². The van der Waals surface area contributed by atoms with E-state index in [4.69, 9.17) is 4.74 Å². The molecule has 0 saturated carbocycles. The highest BCUT2D eigenvalue weighted by Gasteiger charge is 2.20. The van der Waals surface area contributed by atoms with Gasteiger partial charge in [0.1, 0.15) is 5.60 Å². The molecule has 4 nitrogen and oxygen atoms in total. The highest BCUT2D eigenvalue weighted by Crippen LogP contribution is 2.24. The Morgan fingerprint density at radius 3 is 2.55 bits per heavy atom. The summed E-state index contributed by atoms with van der Waals surface area (Å²) in [5.41, 5.74) is 2.79. The van der Waals surface area contributed by atoms with Crippen LogP contribution in [-0.2, 0) is 11.2 Å². The minimum atomic E-state index is -0.498. The summed E-state index contributed by atoms with van der Waals surface area (Å²) in [4.78, 5) is 14.6. The molecule has 0 saturated heterocycles. The Hall–Kier alpha value is -1.81. The summed E-state index contributed by atoms with van der Waals surface area (Å²) in [5.74, 6) is 0. The van der Waals surface area contributed by atoms with Crippen molar-refractivity contribution in [3.05, 3.63) is 35.5 Å². The second-order valence-electron chi connectivity index (χ2n) is 7.08.